The number of rotatable bonds is 7. The number of hydrogen-bond donors (Lipinski definition) is 2. The fourth-order valence-corrected chi connectivity index (χ4v) is 5.25. The van der Waals surface area contributed by atoms with Gasteiger partial charge in [0, 0.05) is 12.1 Å². The van der Waals surface area contributed by atoms with Crippen LogP contribution in [0.4, 0.5) is 0 Å². The largest absolute Gasteiger partial charge is 0.478 e. The van der Waals surface area contributed by atoms with E-state index in [2.05, 4.69) is 48.7 Å². The van der Waals surface area contributed by atoms with Gasteiger partial charge in [0.15, 0.2) is 5.60 Å². The average Bonchev–Trinajstić information content (AvgIpc) is 3.22. The van der Waals surface area contributed by atoms with Crippen LogP contribution < -0.4 is 10.1 Å². The lowest BCUT2D eigenvalue weighted by atomic mass is 9.79. The third-order valence-electron chi connectivity index (χ3n) is 7.09. The van der Waals surface area contributed by atoms with E-state index in [9.17, 15) is 9.90 Å². The van der Waals surface area contributed by atoms with Crippen LogP contribution in [0.3, 0.4) is 0 Å². The van der Waals surface area contributed by atoms with Crippen LogP contribution in [0.2, 0.25) is 0 Å². The molecule has 0 aromatic heterocycles. The van der Waals surface area contributed by atoms with Gasteiger partial charge >= 0.3 is 5.97 Å². The highest BCUT2D eigenvalue weighted by Crippen LogP contribution is 2.38. The predicted molar refractivity (Wildman–Crippen MR) is 124 cm³/mol. The summed E-state index contributed by atoms with van der Waals surface area (Å²) in [7, 11) is 0. The molecule has 0 heterocycles. The van der Waals surface area contributed by atoms with E-state index < -0.39 is 11.6 Å². The molecule has 1 aromatic carbocycles. The van der Waals surface area contributed by atoms with Crippen molar-refractivity contribution in [2.24, 2.45) is 5.92 Å². The molecule has 31 heavy (non-hydrogen) atoms. The summed E-state index contributed by atoms with van der Waals surface area (Å²) in [6, 6.07) is 8.88. The van der Waals surface area contributed by atoms with Crippen LogP contribution in [0.5, 0.6) is 5.75 Å². The second-order valence-corrected chi connectivity index (χ2v) is 9.81. The van der Waals surface area contributed by atoms with E-state index in [4.69, 9.17) is 4.74 Å². The fraction of sp³-hybridized carbons (Fsp3) is 0.519. The SMILES string of the molecule is C[C@@H](N[C@H]1CC[C@@H](c2ccc(OC(C)(C)C(=O)O)cc2)C1)C1=C2C=CCCC2CC=C1. The zero-order chi connectivity index (χ0) is 22.0. The molecule has 0 radical (unpaired) electrons. The van der Waals surface area contributed by atoms with Crippen molar-refractivity contribution in [3.05, 3.63) is 65.3 Å². The molecule has 0 aliphatic heterocycles. The summed E-state index contributed by atoms with van der Waals surface area (Å²) in [6.45, 7) is 5.45. The second kappa shape index (κ2) is 9.04. The van der Waals surface area contributed by atoms with Crippen molar-refractivity contribution in [3.63, 3.8) is 0 Å². The highest BCUT2D eigenvalue weighted by atomic mass is 16.5. The molecule has 4 rings (SSSR count). The van der Waals surface area contributed by atoms with Crippen LogP contribution in [-0.2, 0) is 4.79 Å². The summed E-state index contributed by atoms with van der Waals surface area (Å²) in [5.41, 5.74) is 3.10. The Labute approximate surface area is 186 Å². The molecule has 4 heteroatoms. The number of carboxylic acid groups (broad SMARTS) is 1. The minimum atomic E-state index is -1.23. The molecule has 4 nitrogen and oxygen atoms in total. The van der Waals surface area contributed by atoms with Crippen molar-refractivity contribution in [2.75, 3.05) is 0 Å². The first-order valence-electron chi connectivity index (χ1n) is 11.7. The number of carboxylic acids is 1. The number of aliphatic carboxylic acids is 1. The Morgan fingerprint density at radius 1 is 1.10 bits per heavy atom. The maximum absolute atomic E-state index is 11.3. The van der Waals surface area contributed by atoms with Gasteiger partial charge in [-0.3, -0.25) is 0 Å². The molecule has 0 saturated heterocycles. The van der Waals surface area contributed by atoms with Gasteiger partial charge in [-0.05, 0) is 100.0 Å². The summed E-state index contributed by atoms with van der Waals surface area (Å²) in [5.74, 6) is 0.879. The maximum Gasteiger partial charge on any atom is 0.347 e. The normalized spacial score (nSPS) is 26.6. The van der Waals surface area contributed by atoms with E-state index in [1.807, 2.05) is 12.1 Å². The average molecular weight is 422 g/mol. The van der Waals surface area contributed by atoms with Crippen molar-refractivity contribution in [3.8, 4) is 5.75 Å². The van der Waals surface area contributed by atoms with E-state index in [1.54, 1.807) is 19.4 Å². The number of ether oxygens (including phenoxy) is 1. The van der Waals surface area contributed by atoms with Gasteiger partial charge in [-0.1, -0.05) is 36.4 Å². The first-order valence-corrected chi connectivity index (χ1v) is 11.7. The molecular weight excluding hydrogens is 386 g/mol. The molecule has 3 aliphatic rings. The summed E-state index contributed by atoms with van der Waals surface area (Å²) in [6.07, 6.45) is 16.5. The Kier molecular flexibility index (Phi) is 6.38. The molecule has 3 aliphatic carbocycles. The Hall–Kier alpha value is -2.33. The lowest BCUT2D eigenvalue weighted by Crippen LogP contribution is -2.37. The second-order valence-electron chi connectivity index (χ2n) is 9.81. The molecule has 1 aromatic rings. The molecule has 0 spiro atoms. The van der Waals surface area contributed by atoms with Crippen molar-refractivity contribution in [1.82, 2.24) is 5.32 Å². The molecule has 4 atom stereocenters. The van der Waals surface area contributed by atoms with Crippen molar-refractivity contribution in [2.45, 2.75) is 82.9 Å². The number of fused-ring (bicyclic) bond motifs is 1. The third-order valence-corrected chi connectivity index (χ3v) is 7.09. The molecule has 1 fully saturated rings. The zero-order valence-electron chi connectivity index (χ0n) is 18.9. The van der Waals surface area contributed by atoms with Crippen LogP contribution in [0.15, 0.2) is 59.7 Å². The van der Waals surface area contributed by atoms with Gasteiger partial charge in [-0.25, -0.2) is 4.79 Å². The third kappa shape index (κ3) is 4.95. The first-order chi connectivity index (χ1) is 14.8. The highest BCUT2D eigenvalue weighted by Gasteiger charge is 2.31. The highest BCUT2D eigenvalue weighted by molar-refractivity contribution is 5.76. The molecule has 1 saturated carbocycles. The topological polar surface area (TPSA) is 58.6 Å². The van der Waals surface area contributed by atoms with Crippen LogP contribution in [0.25, 0.3) is 0 Å². The Bertz CT molecular complexity index is 894. The van der Waals surface area contributed by atoms with E-state index in [0.29, 0.717) is 29.7 Å². The number of carbonyl (C=O) groups is 1. The van der Waals surface area contributed by atoms with Gasteiger partial charge in [0.05, 0.1) is 0 Å². The molecule has 1 unspecified atom stereocenters. The summed E-state index contributed by atoms with van der Waals surface area (Å²) in [5, 5.41) is 13.1. The first kappa shape index (κ1) is 21.9. The quantitative estimate of drug-likeness (QED) is 0.587. The molecule has 166 valence electrons. The lowest BCUT2D eigenvalue weighted by Gasteiger charge is -2.30. The summed E-state index contributed by atoms with van der Waals surface area (Å²) >= 11 is 0. The van der Waals surface area contributed by atoms with Crippen molar-refractivity contribution < 1.29 is 14.6 Å². The van der Waals surface area contributed by atoms with Crippen LogP contribution in [0, 0.1) is 5.92 Å². The minimum Gasteiger partial charge on any atom is -0.478 e. The molecule has 0 amide bonds. The Morgan fingerprint density at radius 3 is 2.61 bits per heavy atom. The van der Waals surface area contributed by atoms with Gasteiger partial charge < -0.3 is 15.2 Å². The maximum atomic E-state index is 11.3. The van der Waals surface area contributed by atoms with E-state index in [1.165, 1.54) is 43.2 Å². The van der Waals surface area contributed by atoms with E-state index in [0.717, 1.165) is 6.42 Å². The van der Waals surface area contributed by atoms with Crippen LogP contribution in [-0.4, -0.2) is 28.8 Å². The number of allylic oxidation sites excluding steroid dienone is 4. The molecule has 2 N–H and O–H groups in total. The van der Waals surface area contributed by atoms with Crippen LogP contribution >= 0.6 is 0 Å². The van der Waals surface area contributed by atoms with Crippen LogP contribution in [0.1, 0.15) is 70.8 Å². The Balaban J connectivity index is 1.36. The summed E-state index contributed by atoms with van der Waals surface area (Å²) < 4.78 is 5.64. The monoisotopic (exact) mass is 421 g/mol. The number of nitrogens with one attached hydrogen (secondary N) is 1. The molecular formula is C27H35NO3. The van der Waals surface area contributed by atoms with Gasteiger partial charge in [0.2, 0.25) is 0 Å². The van der Waals surface area contributed by atoms with Crippen molar-refractivity contribution in [1.29, 1.82) is 0 Å². The minimum absolute atomic E-state index is 0.370. The number of hydrogen-bond acceptors (Lipinski definition) is 3. The van der Waals surface area contributed by atoms with E-state index >= 15 is 0 Å². The van der Waals surface area contributed by atoms with Gasteiger partial charge in [-0.15, -0.1) is 0 Å². The number of benzene rings is 1. The van der Waals surface area contributed by atoms with E-state index in [-0.39, 0.29) is 0 Å². The smallest absolute Gasteiger partial charge is 0.347 e. The van der Waals surface area contributed by atoms with Gasteiger partial charge in [0.25, 0.3) is 0 Å². The van der Waals surface area contributed by atoms with Crippen molar-refractivity contribution >= 4 is 5.97 Å². The summed E-state index contributed by atoms with van der Waals surface area (Å²) in [4.78, 5) is 11.3. The standard InChI is InChI=1S/C27H35NO3/c1-18(24-10-6-8-20-7-4-5-9-25(20)24)28-22-14-11-21(17-22)19-12-15-23(16-13-19)31-27(2,3)26(29)30/h5-6,9-10,12-13,15-16,18,20-22,28H,4,7-8,11,14,17H2,1-3H3,(H,29,30)/t18-,20?,21-,22+/m1/s1. The fourth-order valence-electron chi connectivity index (χ4n) is 5.25. The van der Waals surface area contributed by atoms with Gasteiger partial charge in [-0.2, -0.15) is 0 Å². The zero-order valence-corrected chi connectivity index (χ0v) is 18.9. The molecule has 0 bridgehead atoms. The predicted octanol–water partition coefficient (Wildman–Crippen LogP) is 5.77. The Morgan fingerprint density at radius 2 is 1.87 bits per heavy atom. The van der Waals surface area contributed by atoms with Gasteiger partial charge in [0.1, 0.15) is 5.75 Å². The lowest BCUT2D eigenvalue weighted by molar-refractivity contribution is -0.152.